The van der Waals surface area contributed by atoms with E-state index in [1.54, 1.807) is 12.4 Å². The van der Waals surface area contributed by atoms with Gasteiger partial charge in [0.1, 0.15) is 11.3 Å². The van der Waals surface area contributed by atoms with Crippen LogP contribution in [0, 0.1) is 0 Å². The number of nitrogens with zero attached hydrogens (tertiary/aromatic N) is 3. The lowest BCUT2D eigenvalue weighted by Gasteiger charge is -2.05. The molecule has 0 fully saturated rings. The smallest absolute Gasteiger partial charge is 0.140 e. The zero-order valence-corrected chi connectivity index (χ0v) is 10.9. The van der Waals surface area contributed by atoms with Crippen molar-refractivity contribution in [2.45, 2.75) is 6.42 Å². The summed E-state index contributed by atoms with van der Waals surface area (Å²) in [5.41, 5.74) is 9.98. The summed E-state index contributed by atoms with van der Waals surface area (Å²) in [5.74, 6) is 0.960. The Morgan fingerprint density at radius 1 is 1.26 bits per heavy atom. The molecular weight excluding hydrogens is 236 g/mol. The molecule has 1 aromatic carbocycles. The Kier molecular flexibility index (Phi) is 3.01. The predicted octanol–water partition coefficient (Wildman–Crippen LogP) is 2.14. The molecule has 2 N–H and O–H groups in total. The monoisotopic (exact) mass is 252 g/mol. The fourth-order valence-corrected chi connectivity index (χ4v) is 2.34. The van der Waals surface area contributed by atoms with Crippen molar-refractivity contribution in [3.63, 3.8) is 0 Å². The number of aryl methyl sites for hydroxylation is 1. The molecule has 0 radical (unpaired) electrons. The number of aromatic nitrogens is 3. The standard InChI is InChI=1S/C15H16N4/c1-19-14-6-8-17-10-13(14)18-15(19)12-4-2-3-11(9-12)5-7-16/h2-4,6,8-10H,5,7,16H2,1H3. The van der Waals surface area contributed by atoms with Crippen LogP contribution < -0.4 is 5.73 Å². The molecule has 4 heteroatoms. The first-order chi connectivity index (χ1) is 9.29. The normalized spacial score (nSPS) is 11.1. The van der Waals surface area contributed by atoms with Crippen molar-refractivity contribution in [1.29, 1.82) is 0 Å². The van der Waals surface area contributed by atoms with E-state index in [4.69, 9.17) is 5.73 Å². The lowest BCUT2D eigenvalue weighted by molar-refractivity contribution is 0.951. The maximum Gasteiger partial charge on any atom is 0.140 e. The quantitative estimate of drug-likeness (QED) is 0.777. The second-order valence-electron chi connectivity index (χ2n) is 4.60. The lowest BCUT2D eigenvalue weighted by atomic mass is 10.1. The molecule has 0 aliphatic rings. The number of benzene rings is 1. The first kappa shape index (κ1) is 11.9. The number of hydrogen-bond acceptors (Lipinski definition) is 3. The van der Waals surface area contributed by atoms with Gasteiger partial charge in [0.15, 0.2) is 0 Å². The Labute approximate surface area is 111 Å². The second kappa shape index (κ2) is 4.82. The number of rotatable bonds is 3. The zero-order valence-electron chi connectivity index (χ0n) is 10.9. The van der Waals surface area contributed by atoms with Crippen molar-refractivity contribution in [2.24, 2.45) is 12.8 Å². The Balaban J connectivity index is 2.13. The van der Waals surface area contributed by atoms with Crippen LogP contribution in [0.3, 0.4) is 0 Å². The highest BCUT2D eigenvalue weighted by molar-refractivity contribution is 5.79. The SMILES string of the molecule is Cn1c(-c2cccc(CCN)c2)nc2cnccc21. The van der Waals surface area contributed by atoms with Gasteiger partial charge in [-0.3, -0.25) is 4.98 Å². The van der Waals surface area contributed by atoms with Gasteiger partial charge in [-0.05, 0) is 30.7 Å². The van der Waals surface area contributed by atoms with Crippen LogP contribution in [0.1, 0.15) is 5.56 Å². The summed E-state index contributed by atoms with van der Waals surface area (Å²) in [6.07, 6.45) is 4.47. The van der Waals surface area contributed by atoms with E-state index in [2.05, 4.69) is 38.8 Å². The Morgan fingerprint density at radius 3 is 2.95 bits per heavy atom. The first-order valence-electron chi connectivity index (χ1n) is 6.35. The minimum absolute atomic E-state index is 0.663. The van der Waals surface area contributed by atoms with Gasteiger partial charge in [0.05, 0.1) is 11.7 Å². The number of fused-ring (bicyclic) bond motifs is 1. The summed E-state index contributed by atoms with van der Waals surface area (Å²) in [5, 5.41) is 0. The van der Waals surface area contributed by atoms with E-state index in [1.807, 2.05) is 13.1 Å². The number of imidazole rings is 1. The molecule has 4 nitrogen and oxygen atoms in total. The fraction of sp³-hybridized carbons (Fsp3) is 0.200. The molecule has 96 valence electrons. The van der Waals surface area contributed by atoms with Crippen molar-refractivity contribution >= 4 is 11.0 Å². The van der Waals surface area contributed by atoms with E-state index >= 15 is 0 Å². The van der Waals surface area contributed by atoms with Gasteiger partial charge < -0.3 is 10.3 Å². The maximum absolute atomic E-state index is 5.61. The molecule has 0 saturated carbocycles. The van der Waals surface area contributed by atoms with Crippen LogP contribution in [-0.4, -0.2) is 21.1 Å². The Morgan fingerprint density at radius 2 is 2.16 bits per heavy atom. The third-order valence-electron chi connectivity index (χ3n) is 3.30. The van der Waals surface area contributed by atoms with Crippen LogP contribution in [0.25, 0.3) is 22.4 Å². The van der Waals surface area contributed by atoms with E-state index in [1.165, 1.54) is 5.56 Å². The molecule has 0 aliphatic carbocycles. The van der Waals surface area contributed by atoms with Gasteiger partial charge in [-0.15, -0.1) is 0 Å². The summed E-state index contributed by atoms with van der Waals surface area (Å²) in [6, 6.07) is 10.4. The number of nitrogens with two attached hydrogens (primary N) is 1. The molecule has 0 saturated heterocycles. The van der Waals surface area contributed by atoms with E-state index in [0.29, 0.717) is 6.54 Å². The summed E-state index contributed by atoms with van der Waals surface area (Å²) < 4.78 is 2.10. The minimum Gasteiger partial charge on any atom is -0.330 e. The molecule has 0 bridgehead atoms. The summed E-state index contributed by atoms with van der Waals surface area (Å²) in [6.45, 7) is 0.663. The van der Waals surface area contributed by atoms with Gasteiger partial charge in [-0.2, -0.15) is 0 Å². The van der Waals surface area contributed by atoms with E-state index in [-0.39, 0.29) is 0 Å². The average molecular weight is 252 g/mol. The molecule has 0 atom stereocenters. The lowest BCUT2D eigenvalue weighted by Crippen LogP contribution is -2.02. The number of pyridine rings is 1. The first-order valence-corrected chi connectivity index (χ1v) is 6.35. The van der Waals surface area contributed by atoms with Gasteiger partial charge in [-0.25, -0.2) is 4.98 Å². The van der Waals surface area contributed by atoms with Gasteiger partial charge in [0.25, 0.3) is 0 Å². The fourth-order valence-electron chi connectivity index (χ4n) is 2.34. The van der Waals surface area contributed by atoms with Crippen LogP contribution in [0.5, 0.6) is 0 Å². The van der Waals surface area contributed by atoms with Crippen molar-refractivity contribution in [3.8, 4) is 11.4 Å². The molecule has 0 aliphatic heterocycles. The molecule has 3 aromatic rings. The summed E-state index contributed by atoms with van der Waals surface area (Å²) in [4.78, 5) is 8.77. The maximum atomic E-state index is 5.61. The van der Waals surface area contributed by atoms with Gasteiger partial charge in [0.2, 0.25) is 0 Å². The van der Waals surface area contributed by atoms with Gasteiger partial charge >= 0.3 is 0 Å². The minimum atomic E-state index is 0.663. The molecule has 0 unspecified atom stereocenters. The second-order valence-corrected chi connectivity index (χ2v) is 4.60. The van der Waals surface area contributed by atoms with Gasteiger partial charge in [0, 0.05) is 18.8 Å². The van der Waals surface area contributed by atoms with Crippen molar-refractivity contribution in [3.05, 3.63) is 48.3 Å². The van der Waals surface area contributed by atoms with Crippen molar-refractivity contribution < 1.29 is 0 Å². The molecule has 3 rings (SSSR count). The highest BCUT2D eigenvalue weighted by Crippen LogP contribution is 2.23. The largest absolute Gasteiger partial charge is 0.330 e. The molecular formula is C15H16N4. The van der Waals surface area contributed by atoms with Gasteiger partial charge in [-0.1, -0.05) is 18.2 Å². The molecule has 0 amide bonds. The van der Waals surface area contributed by atoms with Crippen molar-refractivity contribution in [2.75, 3.05) is 6.54 Å². The highest BCUT2D eigenvalue weighted by Gasteiger charge is 2.09. The summed E-state index contributed by atoms with van der Waals surface area (Å²) in [7, 11) is 2.03. The van der Waals surface area contributed by atoms with E-state index in [0.717, 1.165) is 28.8 Å². The Hall–Kier alpha value is -2.20. The average Bonchev–Trinajstić information content (AvgIpc) is 2.78. The third kappa shape index (κ3) is 2.11. The van der Waals surface area contributed by atoms with Crippen LogP contribution >= 0.6 is 0 Å². The van der Waals surface area contributed by atoms with Crippen LogP contribution in [0.2, 0.25) is 0 Å². The van der Waals surface area contributed by atoms with Crippen molar-refractivity contribution in [1.82, 2.24) is 14.5 Å². The molecule has 2 heterocycles. The van der Waals surface area contributed by atoms with Crippen LogP contribution in [0.15, 0.2) is 42.7 Å². The molecule has 2 aromatic heterocycles. The van der Waals surface area contributed by atoms with Crippen LogP contribution in [0.4, 0.5) is 0 Å². The topological polar surface area (TPSA) is 56.7 Å². The number of hydrogen-bond donors (Lipinski definition) is 1. The summed E-state index contributed by atoms with van der Waals surface area (Å²) >= 11 is 0. The highest BCUT2D eigenvalue weighted by atomic mass is 15.1. The predicted molar refractivity (Wildman–Crippen MR) is 76.7 cm³/mol. The molecule has 0 spiro atoms. The zero-order chi connectivity index (χ0) is 13.2. The van der Waals surface area contributed by atoms with Crippen LogP contribution in [-0.2, 0) is 13.5 Å². The van der Waals surface area contributed by atoms with E-state index < -0.39 is 0 Å². The Bertz CT molecular complexity index is 715. The third-order valence-corrected chi connectivity index (χ3v) is 3.30. The van der Waals surface area contributed by atoms with E-state index in [9.17, 15) is 0 Å². The molecule has 19 heavy (non-hydrogen) atoms.